The fraction of sp³-hybridized carbons (Fsp3) is 0.925. The fourth-order valence-electron chi connectivity index (χ4n) is 12.9. The van der Waals surface area contributed by atoms with Crippen LogP contribution in [0.1, 0.15) is 80.1 Å². The molecule has 9 N–H and O–H groups in total. The third-order valence-electron chi connectivity index (χ3n) is 16.3. The van der Waals surface area contributed by atoms with E-state index in [9.17, 15) is 50.8 Å². The Hall–Kier alpha value is -1.35. The maximum Gasteiger partial charge on any atom is 0.333 e. The highest BCUT2D eigenvalue weighted by molar-refractivity contribution is 5.89. The molecule has 24 atom stereocenters. The molecule has 0 aromatic carbocycles. The number of aliphatic hydroxyl groups excluding tert-OH is 8. The zero-order valence-corrected chi connectivity index (χ0v) is 33.0. The van der Waals surface area contributed by atoms with Crippen LogP contribution in [0.5, 0.6) is 0 Å². The van der Waals surface area contributed by atoms with Gasteiger partial charge in [0, 0.05) is 30.3 Å². The van der Waals surface area contributed by atoms with Crippen molar-refractivity contribution < 1.29 is 79.2 Å². The van der Waals surface area contributed by atoms with Crippen LogP contribution in [-0.4, -0.2) is 162 Å². The van der Waals surface area contributed by atoms with Gasteiger partial charge in [-0.3, -0.25) is 0 Å². The predicted molar refractivity (Wildman–Crippen MR) is 191 cm³/mol. The molecule has 0 spiro atoms. The lowest BCUT2D eigenvalue weighted by Crippen LogP contribution is -2.71. The molecule has 0 aromatic heterocycles. The molecule has 24 unspecified atom stereocenters. The Morgan fingerprint density at radius 1 is 0.875 bits per heavy atom. The number of epoxide rings is 1. The van der Waals surface area contributed by atoms with E-state index >= 15 is 0 Å². The molecular formula is C40H62O16. The average molecular weight is 799 g/mol. The van der Waals surface area contributed by atoms with Gasteiger partial charge in [-0.15, -0.1) is 0 Å². The van der Waals surface area contributed by atoms with Crippen LogP contribution >= 0.6 is 0 Å². The van der Waals surface area contributed by atoms with Crippen molar-refractivity contribution in [1.82, 2.24) is 0 Å². The van der Waals surface area contributed by atoms with Crippen molar-refractivity contribution in [3.8, 4) is 0 Å². The van der Waals surface area contributed by atoms with Gasteiger partial charge in [0.25, 0.3) is 0 Å². The second kappa shape index (κ2) is 14.4. The van der Waals surface area contributed by atoms with Crippen LogP contribution in [0.2, 0.25) is 0 Å². The van der Waals surface area contributed by atoms with Gasteiger partial charge in [0.1, 0.15) is 60.5 Å². The number of hydrogen-bond donors (Lipinski definition) is 9. The molecule has 7 fully saturated rings. The lowest BCUT2D eigenvalue weighted by atomic mass is 9.42. The van der Waals surface area contributed by atoms with E-state index in [4.69, 9.17) is 28.4 Å². The molecule has 8 rings (SSSR count). The maximum atomic E-state index is 12.7. The molecule has 56 heavy (non-hydrogen) atoms. The Morgan fingerprint density at radius 3 is 2.23 bits per heavy atom. The van der Waals surface area contributed by atoms with Crippen molar-refractivity contribution in [3.63, 3.8) is 0 Å². The third kappa shape index (κ3) is 6.03. The SMILES string of the molecule is CC1=C(C)C(=O)OC(C(C)C2C(O)CC3C4C5OC5C5(O)CC(OC6OC(CO)C(OC7OC(C)C(O)C(O)C7O)C(O)C6O)CC(O)C5(C)C4CCC32C)C1. The molecule has 4 heterocycles. The summed E-state index contributed by atoms with van der Waals surface area (Å²) in [6, 6.07) is 0. The van der Waals surface area contributed by atoms with Crippen LogP contribution in [0, 0.1) is 40.4 Å². The van der Waals surface area contributed by atoms with E-state index in [1.807, 2.05) is 13.8 Å². The van der Waals surface area contributed by atoms with E-state index in [1.54, 1.807) is 6.92 Å². The summed E-state index contributed by atoms with van der Waals surface area (Å²) in [5, 5.41) is 99.8. The van der Waals surface area contributed by atoms with E-state index in [-0.39, 0.29) is 66.0 Å². The molecule has 16 nitrogen and oxygen atoms in total. The van der Waals surface area contributed by atoms with Gasteiger partial charge in [-0.05, 0) is 75.0 Å². The Bertz CT molecular complexity index is 1540. The van der Waals surface area contributed by atoms with Crippen molar-refractivity contribution in [2.75, 3.05) is 6.61 Å². The van der Waals surface area contributed by atoms with E-state index in [0.717, 1.165) is 12.0 Å². The minimum Gasteiger partial charge on any atom is -0.458 e. The van der Waals surface area contributed by atoms with Crippen LogP contribution in [0.15, 0.2) is 11.1 Å². The van der Waals surface area contributed by atoms with Crippen molar-refractivity contribution in [1.29, 1.82) is 0 Å². The second-order valence-corrected chi connectivity index (χ2v) is 19.0. The number of ether oxygens (including phenoxy) is 6. The largest absolute Gasteiger partial charge is 0.458 e. The molecule has 0 aromatic rings. The first-order valence-corrected chi connectivity index (χ1v) is 20.5. The van der Waals surface area contributed by atoms with Gasteiger partial charge in [-0.2, -0.15) is 0 Å². The van der Waals surface area contributed by atoms with Crippen molar-refractivity contribution in [3.05, 3.63) is 11.1 Å². The van der Waals surface area contributed by atoms with Crippen molar-refractivity contribution in [2.24, 2.45) is 40.4 Å². The molecule has 3 saturated heterocycles. The van der Waals surface area contributed by atoms with Crippen LogP contribution < -0.4 is 0 Å². The van der Waals surface area contributed by atoms with Crippen molar-refractivity contribution in [2.45, 2.75) is 184 Å². The van der Waals surface area contributed by atoms with E-state index in [2.05, 4.69) is 13.8 Å². The summed E-state index contributed by atoms with van der Waals surface area (Å²) in [4.78, 5) is 12.7. The number of rotatable bonds is 7. The molecule has 318 valence electrons. The first kappa shape index (κ1) is 41.4. The topological polar surface area (TPSA) is 258 Å². The fourth-order valence-corrected chi connectivity index (χ4v) is 12.9. The second-order valence-electron chi connectivity index (χ2n) is 19.0. The van der Waals surface area contributed by atoms with Gasteiger partial charge >= 0.3 is 5.97 Å². The zero-order valence-electron chi connectivity index (χ0n) is 33.0. The zero-order chi connectivity index (χ0) is 40.5. The van der Waals surface area contributed by atoms with E-state index in [0.29, 0.717) is 24.8 Å². The Morgan fingerprint density at radius 2 is 1.55 bits per heavy atom. The Kier molecular flexibility index (Phi) is 10.6. The predicted octanol–water partition coefficient (Wildman–Crippen LogP) is -0.986. The first-order valence-electron chi connectivity index (χ1n) is 20.5. The number of carbonyl (C=O) groups excluding carboxylic acids is 1. The van der Waals surface area contributed by atoms with Gasteiger partial charge in [0.15, 0.2) is 12.6 Å². The number of fused-ring (bicyclic) bond motifs is 8. The minimum atomic E-state index is -1.72. The normalized spacial score (nSPS) is 57.4. The number of aliphatic hydroxyl groups is 9. The molecule has 0 amide bonds. The van der Waals surface area contributed by atoms with Gasteiger partial charge in [-0.1, -0.05) is 26.3 Å². The summed E-state index contributed by atoms with van der Waals surface area (Å²) in [6.07, 6.45) is -15.8. The summed E-state index contributed by atoms with van der Waals surface area (Å²) in [5.41, 5.74) is -1.16. The van der Waals surface area contributed by atoms with Crippen LogP contribution in [0.25, 0.3) is 0 Å². The number of esters is 1. The summed E-state index contributed by atoms with van der Waals surface area (Å²) >= 11 is 0. The lowest BCUT2D eigenvalue weighted by molar-refractivity contribution is -0.365. The molecular weight excluding hydrogens is 736 g/mol. The Labute approximate surface area is 326 Å². The monoisotopic (exact) mass is 798 g/mol. The summed E-state index contributed by atoms with van der Waals surface area (Å²) in [6.45, 7) is 10.8. The smallest absolute Gasteiger partial charge is 0.333 e. The average Bonchev–Trinajstić information content (AvgIpc) is 3.91. The summed E-state index contributed by atoms with van der Waals surface area (Å²) in [5.74, 6) is -0.627. The molecule has 16 heteroatoms. The minimum absolute atomic E-state index is 0.0271. The molecule has 4 saturated carbocycles. The third-order valence-corrected chi connectivity index (χ3v) is 16.3. The Balaban J connectivity index is 0.964. The van der Waals surface area contributed by atoms with E-state index < -0.39 is 103 Å². The highest BCUT2D eigenvalue weighted by Crippen LogP contribution is 2.73. The van der Waals surface area contributed by atoms with E-state index in [1.165, 1.54) is 6.92 Å². The number of hydrogen-bond acceptors (Lipinski definition) is 16. The first-order chi connectivity index (χ1) is 26.3. The van der Waals surface area contributed by atoms with Gasteiger partial charge < -0.3 is 74.4 Å². The van der Waals surface area contributed by atoms with Gasteiger partial charge in [0.05, 0.1) is 37.1 Å². The number of carbonyl (C=O) groups is 1. The highest BCUT2D eigenvalue weighted by Gasteiger charge is 2.79. The molecule has 0 bridgehead atoms. The number of cyclic esters (lactones) is 1. The summed E-state index contributed by atoms with van der Waals surface area (Å²) < 4.78 is 35.6. The maximum absolute atomic E-state index is 12.7. The van der Waals surface area contributed by atoms with Crippen molar-refractivity contribution >= 4 is 5.97 Å². The van der Waals surface area contributed by atoms with Crippen LogP contribution in [0.4, 0.5) is 0 Å². The van der Waals surface area contributed by atoms with Crippen LogP contribution in [0.3, 0.4) is 0 Å². The van der Waals surface area contributed by atoms with Gasteiger partial charge in [-0.25, -0.2) is 4.79 Å². The molecule has 8 aliphatic rings. The standard InChI is InChI=1S/C40H62O16/c1-14-9-22(53-35(49)15(14)2)16(3)26-21(42)11-20-25-19(7-8-38(20,26)5)39(6)24(43)10-18(12-40(39,50)34-33(25)55-34)52-37-31(48)29(46)32(23(13-41)54-37)56-36-30(47)28(45)27(44)17(4)51-36/h16-34,36-37,41-48,50H,7-13H2,1-6H3. The van der Waals surface area contributed by atoms with Crippen LogP contribution in [-0.2, 0) is 33.2 Å². The summed E-state index contributed by atoms with van der Waals surface area (Å²) in [7, 11) is 0. The quantitative estimate of drug-likeness (QED) is 0.0852. The van der Waals surface area contributed by atoms with Gasteiger partial charge in [0.2, 0.25) is 0 Å². The molecule has 4 aliphatic heterocycles. The molecule has 0 radical (unpaired) electrons. The molecule has 4 aliphatic carbocycles. The highest BCUT2D eigenvalue weighted by atomic mass is 16.7. The lowest BCUT2D eigenvalue weighted by Gasteiger charge is -2.64.